The molecule has 2 amide bonds. The molecule has 0 aromatic heterocycles. The fraction of sp³-hybridized carbons (Fsp3) is 0.200. The summed E-state index contributed by atoms with van der Waals surface area (Å²) in [6.45, 7) is 5.14. The van der Waals surface area contributed by atoms with Crippen LogP contribution in [0.15, 0.2) is 76.3 Å². The lowest BCUT2D eigenvalue weighted by Crippen LogP contribution is -2.24. The van der Waals surface area contributed by atoms with Crippen molar-refractivity contribution in [3.63, 3.8) is 0 Å². The zero-order valence-corrected chi connectivity index (χ0v) is 20.1. The van der Waals surface area contributed by atoms with E-state index in [0.29, 0.717) is 41.5 Å². The fourth-order valence-corrected chi connectivity index (χ4v) is 3.42. The number of carbonyl (C=O) groups excluding carboxylic acids is 1. The SMILES string of the molecule is CCOc1cc(C=NNC(=O)Nc2ccccc2)cc(Br)c1OCCOc1ccc(C)cc1. The molecule has 3 rings (SSSR count). The van der Waals surface area contributed by atoms with Gasteiger partial charge in [0.25, 0.3) is 0 Å². The average Bonchev–Trinajstić information content (AvgIpc) is 2.80. The van der Waals surface area contributed by atoms with Gasteiger partial charge in [-0.3, -0.25) is 0 Å². The number of ether oxygens (including phenoxy) is 3. The standard InChI is InChI=1S/C25H26BrN3O4/c1-3-31-23-16-19(17-27-29-25(30)28-20-7-5-4-6-8-20)15-22(26)24(23)33-14-13-32-21-11-9-18(2)10-12-21/h4-12,15-17H,3,13-14H2,1-2H3,(H2,28,29,30). The van der Waals surface area contributed by atoms with Gasteiger partial charge in [0.15, 0.2) is 11.5 Å². The van der Waals surface area contributed by atoms with Gasteiger partial charge in [-0.1, -0.05) is 35.9 Å². The number of nitrogens with zero attached hydrogens (tertiary/aromatic N) is 1. The van der Waals surface area contributed by atoms with Gasteiger partial charge in [-0.25, -0.2) is 10.2 Å². The number of hydrogen-bond donors (Lipinski definition) is 2. The number of benzene rings is 3. The largest absolute Gasteiger partial charge is 0.490 e. The Bertz CT molecular complexity index is 1070. The summed E-state index contributed by atoms with van der Waals surface area (Å²) < 4.78 is 18.1. The number of hydrazone groups is 1. The molecule has 0 unspecified atom stereocenters. The van der Waals surface area contributed by atoms with Crippen LogP contribution in [0.25, 0.3) is 0 Å². The first-order valence-corrected chi connectivity index (χ1v) is 11.3. The summed E-state index contributed by atoms with van der Waals surface area (Å²) in [5.74, 6) is 1.94. The van der Waals surface area contributed by atoms with Crippen molar-refractivity contribution in [2.75, 3.05) is 25.1 Å². The van der Waals surface area contributed by atoms with Gasteiger partial charge in [-0.15, -0.1) is 0 Å². The Morgan fingerprint density at radius 1 is 1.00 bits per heavy atom. The van der Waals surface area contributed by atoms with Gasteiger partial charge in [0.2, 0.25) is 0 Å². The molecule has 0 bridgehead atoms. The van der Waals surface area contributed by atoms with Gasteiger partial charge >= 0.3 is 6.03 Å². The lowest BCUT2D eigenvalue weighted by atomic mass is 10.2. The molecule has 0 saturated carbocycles. The molecule has 0 aliphatic heterocycles. The van der Waals surface area contributed by atoms with E-state index in [1.165, 1.54) is 11.8 Å². The number of hydrogen-bond acceptors (Lipinski definition) is 5. The first kappa shape index (κ1) is 24.1. The Morgan fingerprint density at radius 2 is 1.73 bits per heavy atom. The smallest absolute Gasteiger partial charge is 0.339 e. The molecule has 3 aromatic carbocycles. The van der Waals surface area contributed by atoms with Crippen LogP contribution in [0.4, 0.5) is 10.5 Å². The van der Waals surface area contributed by atoms with Crippen molar-refractivity contribution in [1.82, 2.24) is 5.43 Å². The fourth-order valence-electron chi connectivity index (χ4n) is 2.85. The van der Waals surface area contributed by atoms with Crippen LogP contribution >= 0.6 is 15.9 Å². The predicted octanol–water partition coefficient (Wildman–Crippen LogP) is 5.77. The topological polar surface area (TPSA) is 81.2 Å². The van der Waals surface area contributed by atoms with Crippen LogP contribution < -0.4 is 25.0 Å². The van der Waals surface area contributed by atoms with Crippen LogP contribution in [0.1, 0.15) is 18.1 Å². The molecule has 0 saturated heterocycles. The van der Waals surface area contributed by atoms with E-state index < -0.39 is 6.03 Å². The number of urea groups is 1. The normalized spacial score (nSPS) is 10.6. The third-order valence-corrected chi connectivity index (χ3v) is 4.95. The number of halogens is 1. The van der Waals surface area contributed by atoms with Crippen LogP contribution in [0.5, 0.6) is 17.2 Å². The van der Waals surface area contributed by atoms with E-state index in [0.717, 1.165) is 11.3 Å². The number of rotatable bonds is 10. The molecule has 0 aliphatic rings. The number of carbonyl (C=O) groups is 1. The Kier molecular flexibility index (Phi) is 9.14. The van der Waals surface area contributed by atoms with E-state index in [4.69, 9.17) is 14.2 Å². The summed E-state index contributed by atoms with van der Waals surface area (Å²) >= 11 is 3.53. The molecule has 0 radical (unpaired) electrons. The molecule has 2 N–H and O–H groups in total. The van der Waals surface area contributed by atoms with Gasteiger partial charge in [0.05, 0.1) is 17.3 Å². The van der Waals surface area contributed by atoms with Crippen LogP contribution in [0.3, 0.4) is 0 Å². The second-order valence-electron chi connectivity index (χ2n) is 6.96. The van der Waals surface area contributed by atoms with E-state index >= 15 is 0 Å². The van der Waals surface area contributed by atoms with Crippen molar-refractivity contribution in [3.8, 4) is 17.2 Å². The third kappa shape index (κ3) is 7.84. The molecular formula is C25H26BrN3O4. The molecular weight excluding hydrogens is 486 g/mol. The summed E-state index contributed by atoms with van der Waals surface area (Å²) in [5.41, 5.74) is 5.03. The van der Waals surface area contributed by atoms with Crippen LogP contribution in [0, 0.1) is 6.92 Å². The summed E-state index contributed by atoms with van der Waals surface area (Å²) in [6, 6.07) is 20.2. The van der Waals surface area contributed by atoms with Crippen molar-refractivity contribution >= 4 is 33.9 Å². The van der Waals surface area contributed by atoms with E-state index in [2.05, 4.69) is 31.8 Å². The molecule has 0 fully saturated rings. The van der Waals surface area contributed by atoms with Gasteiger partial charge < -0.3 is 19.5 Å². The summed E-state index contributed by atoms with van der Waals surface area (Å²) in [7, 11) is 0. The molecule has 172 valence electrons. The highest BCUT2D eigenvalue weighted by molar-refractivity contribution is 9.10. The summed E-state index contributed by atoms with van der Waals surface area (Å²) in [6.07, 6.45) is 1.53. The first-order chi connectivity index (χ1) is 16.0. The van der Waals surface area contributed by atoms with Crippen molar-refractivity contribution in [2.45, 2.75) is 13.8 Å². The van der Waals surface area contributed by atoms with Crippen molar-refractivity contribution in [3.05, 3.63) is 82.3 Å². The lowest BCUT2D eigenvalue weighted by molar-refractivity contribution is 0.207. The van der Waals surface area contributed by atoms with E-state index in [1.807, 2.05) is 62.4 Å². The molecule has 0 spiro atoms. The van der Waals surface area contributed by atoms with E-state index in [-0.39, 0.29) is 0 Å². The first-order valence-electron chi connectivity index (χ1n) is 10.5. The highest BCUT2D eigenvalue weighted by atomic mass is 79.9. The second-order valence-corrected chi connectivity index (χ2v) is 7.82. The number of anilines is 1. The number of para-hydroxylation sites is 1. The second kappa shape index (κ2) is 12.5. The molecule has 8 heteroatoms. The van der Waals surface area contributed by atoms with Crippen molar-refractivity contribution < 1.29 is 19.0 Å². The maximum absolute atomic E-state index is 12.0. The van der Waals surface area contributed by atoms with E-state index in [1.54, 1.807) is 18.2 Å². The number of aryl methyl sites for hydroxylation is 1. The Morgan fingerprint density at radius 3 is 2.45 bits per heavy atom. The van der Waals surface area contributed by atoms with Crippen molar-refractivity contribution in [1.29, 1.82) is 0 Å². The van der Waals surface area contributed by atoms with Gasteiger partial charge in [-0.05, 0) is 71.7 Å². The molecule has 0 aliphatic carbocycles. The third-order valence-electron chi connectivity index (χ3n) is 4.36. The van der Waals surface area contributed by atoms with Crippen molar-refractivity contribution in [2.24, 2.45) is 5.10 Å². The monoisotopic (exact) mass is 511 g/mol. The van der Waals surface area contributed by atoms with Crippen LogP contribution in [-0.4, -0.2) is 32.1 Å². The Hall–Kier alpha value is -3.52. The highest BCUT2D eigenvalue weighted by Gasteiger charge is 2.12. The highest BCUT2D eigenvalue weighted by Crippen LogP contribution is 2.36. The van der Waals surface area contributed by atoms with Crippen LogP contribution in [0.2, 0.25) is 0 Å². The maximum Gasteiger partial charge on any atom is 0.339 e. The number of nitrogens with one attached hydrogen (secondary N) is 2. The molecule has 33 heavy (non-hydrogen) atoms. The molecule has 3 aromatic rings. The minimum atomic E-state index is -0.435. The molecule has 0 atom stereocenters. The molecule has 7 nitrogen and oxygen atoms in total. The minimum Gasteiger partial charge on any atom is -0.490 e. The van der Waals surface area contributed by atoms with Gasteiger partial charge in [0.1, 0.15) is 19.0 Å². The van der Waals surface area contributed by atoms with Gasteiger partial charge in [-0.2, -0.15) is 5.10 Å². The van der Waals surface area contributed by atoms with Crippen LogP contribution in [-0.2, 0) is 0 Å². The summed E-state index contributed by atoms with van der Waals surface area (Å²) in [4.78, 5) is 12.0. The van der Waals surface area contributed by atoms with E-state index in [9.17, 15) is 4.79 Å². The zero-order chi connectivity index (χ0) is 23.5. The predicted molar refractivity (Wildman–Crippen MR) is 134 cm³/mol. The molecule has 0 heterocycles. The lowest BCUT2D eigenvalue weighted by Gasteiger charge is -2.15. The minimum absolute atomic E-state index is 0.348. The average molecular weight is 512 g/mol. The maximum atomic E-state index is 12.0. The summed E-state index contributed by atoms with van der Waals surface area (Å²) in [5, 5.41) is 6.69. The Labute approximate surface area is 201 Å². The quantitative estimate of drug-likeness (QED) is 0.205. The number of amides is 2. The van der Waals surface area contributed by atoms with Gasteiger partial charge in [0, 0.05) is 5.69 Å². The Balaban J connectivity index is 1.57. The zero-order valence-electron chi connectivity index (χ0n) is 18.5.